The topological polar surface area (TPSA) is 92.9 Å². The van der Waals surface area contributed by atoms with Crippen LogP contribution in [0.15, 0.2) is 42.5 Å². The molecule has 7 nitrogen and oxygen atoms in total. The standard InChI is InChI=1S/C22H23N3O4/c1-29-19-9-8-14(11-18(19)20(26)24-10-4-5-15(23)13-24)12-25-21(27)16-6-2-3-7-17(16)22(25)28/h2-3,6-9,11,15H,4-5,10,12-13,23H2,1H3. The third-order valence-electron chi connectivity index (χ3n) is 5.46. The van der Waals surface area contributed by atoms with Crippen molar-refractivity contribution in [3.63, 3.8) is 0 Å². The Bertz CT molecular complexity index is 953. The average molecular weight is 393 g/mol. The highest BCUT2D eigenvalue weighted by atomic mass is 16.5. The van der Waals surface area contributed by atoms with Gasteiger partial charge >= 0.3 is 0 Å². The van der Waals surface area contributed by atoms with Crippen LogP contribution in [-0.2, 0) is 6.54 Å². The molecule has 4 rings (SSSR count). The summed E-state index contributed by atoms with van der Waals surface area (Å²) in [6.07, 6.45) is 1.77. The van der Waals surface area contributed by atoms with Gasteiger partial charge in [0.05, 0.1) is 30.3 Å². The van der Waals surface area contributed by atoms with E-state index in [4.69, 9.17) is 10.5 Å². The quantitative estimate of drug-likeness (QED) is 0.803. The summed E-state index contributed by atoms with van der Waals surface area (Å²) in [5.74, 6) is -0.339. The number of hydrogen-bond acceptors (Lipinski definition) is 5. The highest BCUT2D eigenvalue weighted by molar-refractivity contribution is 6.21. The van der Waals surface area contributed by atoms with Gasteiger partial charge in [0.2, 0.25) is 0 Å². The zero-order valence-electron chi connectivity index (χ0n) is 16.3. The highest BCUT2D eigenvalue weighted by Gasteiger charge is 2.35. The summed E-state index contributed by atoms with van der Waals surface area (Å²) >= 11 is 0. The number of rotatable bonds is 4. The first-order chi connectivity index (χ1) is 14.0. The van der Waals surface area contributed by atoms with Crippen molar-refractivity contribution >= 4 is 17.7 Å². The van der Waals surface area contributed by atoms with Crippen molar-refractivity contribution in [2.75, 3.05) is 20.2 Å². The van der Waals surface area contributed by atoms with Gasteiger partial charge in [-0.15, -0.1) is 0 Å². The number of benzene rings is 2. The molecule has 3 amide bonds. The van der Waals surface area contributed by atoms with Gasteiger partial charge in [-0.25, -0.2) is 0 Å². The summed E-state index contributed by atoms with van der Waals surface area (Å²) < 4.78 is 5.38. The first-order valence-electron chi connectivity index (χ1n) is 9.66. The third-order valence-corrected chi connectivity index (χ3v) is 5.46. The van der Waals surface area contributed by atoms with Gasteiger partial charge in [-0.3, -0.25) is 19.3 Å². The molecule has 1 saturated heterocycles. The van der Waals surface area contributed by atoms with Crippen LogP contribution in [0.1, 0.15) is 49.5 Å². The van der Waals surface area contributed by atoms with Crippen LogP contribution in [-0.4, -0.2) is 53.8 Å². The normalized spacial score (nSPS) is 18.8. The Hall–Kier alpha value is -3.19. The number of nitrogens with two attached hydrogens (primary N) is 1. The van der Waals surface area contributed by atoms with E-state index in [9.17, 15) is 14.4 Å². The number of piperidine rings is 1. The second-order valence-electron chi connectivity index (χ2n) is 7.43. The number of nitrogens with zero attached hydrogens (tertiary/aromatic N) is 2. The maximum atomic E-state index is 13.1. The lowest BCUT2D eigenvalue weighted by molar-refractivity contribution is 0.0642. The van der Waals surface area contributed by atoms with Crippen molar-refractivity contribution in [1.29, 1.82) is 0 Å². The van der Waals surface area contributed by atoms with E-state index >= 15 is 0 Å². The molecule has 2 aromatic rings. The fourth-order valence-electron chi connectivity index (χ4n) is 3.95. The van der Waals surface area contributed by atoms with Gasteiger partial charge in [-0.2, -0.15) is 0 Å². The van der Waals surface area contributed by atoms with E-state index in [1.807, 2.05) is 0 Å². The molecular weight excluding hydrogens is 370 g/mol. The van der Waals surface area contributed by atoms with Crippen molar-refractivity contribution in [2.24, 2.45) is 5.73 Å². The second kappa shape index (κ2) is 7.67. The maximum Gasteiger partial charge on any atom is 0.261 e. The molecular formula is C22H23N3O4. The average Bonchev–Trinajstić information content (AvgIpc) is 2.98. The minimum Gasteiger partial charge on any atom is -0.496 e. The predicted molar refractivity (Wildman–Crippen MR) is 107 cm³/mol. The fraction of sp³-hybridized carbons (Fsp3) is 0.318. The number of fused-ring (bicyclic) bond motifs is 1. The number of ether oxygens (including phenoxy) is 1. The molecule has 0 aromatic heterocycles. The van der Waals surface area contributed by atoms with Crippen LogP contribution in [0.25, 0.3) is 0 Å². The Morgan fingerprint density at radius 2 is 1.83 bits per heavy atom. The molecule has 2 heterocycles. The molecule has 150 valence electrons. The number of methoxy groups -OCH3 is 1. The second-order valence-corrected chi connectivity index (χ2v) is 7.43. The molecule has 29 heavy (non-hydrogen) atoms. The molecule has 0 saturated carbocycles. The third kappa shape index (κ3) is 3.49. The number of amides is 3. The van der Waals surface area contributed by atoms with Crippen LogP contribution in [0.2, 0.25) is 0 Å². The highest BCUT2D eigenvalue weighted by Crippen LogP contribution is 2.27. The molecule has 0 aliphatic carbocycles. The van der Waals surface area contributed by atoms with Crippen molar-refractivity contribution in [3.8, 4) is 5.75 Å². The Labute approximate surface area is 169 Å². The summed E-state index contributed by atoms with van der Waals surface area (Å²) in [6.45, 7) is 1.25. The molecule has 7 heteroatoms. The van der Waals surface area contributed by atoms with E-state index in [1.165, 1.54) is 12.0 Å². The van der Waals surface area contributed by atoms with E-state index < -0.39 is 0 Å². The lowest BCUT2D eigenvalue weighted by Gasteiger charge is -2.31. The lowest BCUT2D eigenvalue weighted by atomic mass is 10.0. The Kier molecular flexibility index (Phi) is 5.07. The zero-order chi connectivity index (χ0) is 20.5. The minimum atomic E-state index is -0.323. The first kappa shape index (κ1) is 19.1. The van der Waals surface area contributed by atoms with Crippen LogP contribution in [0.5, 0.6) is 5.75 Å². The molecule has 2 aliphatic heterocycles. The van der Waals surface area contributed by atoms with Gasteiger partial charge in [-0.1, -0.05) is 18.2 Å². The van der Waals surface area contributed by atoms with E-state index in [2.05, 4.69) is 0 Å². The summed E-state index contributed by atoms with van der Waals surface area (Å²) in [4.78, 5) is 41.3. The molecule has 2 aromatic carbocycles. The molecule has 1 atom stereocenters. The molecule has 0 spiro atoms. The number of hydrogen-bond donors (Lipinski definition) is 1. The number of carbonyl (C=O) groups excluding carboxylic acids is 3. The number of carbonyl (C=O) groups is 3. The molecule has 1 unspecified atom stereocenters. The predicted octanol–water partition coefficient (Wildman–Crippen LogP) is 2.05. The van der Waals surface area contributed by atoms with Gasteiger partial charge in [0.25, 0.3) is 17.7 Å². The van der Waals surface area contributed by atoms with Crippen molar-refractivity contribution in [3.05, 3.63) is 64.7 Å². The van der Waals surface area contributed by atoms with Gasteiger partial charge < -0.3 is 15.4 Å². The minimum absolute atomic E-state index is 0.0276. The number of likely N-dealkylation sites (tertiary alicyclic amines) is 1. The van der Waals surface area contributed by atoms with Crippen LogP contribution in [0.3, 0.4) is 0 Å². The molecule has 1 fully saturated rings. The molecule has 2 aliphatic rings. The monoisotopic (exact) mass is 393 g/mol. The SMILES string of the molecule is COc1ccc(CN2C(=O)c3ccccc3C2=O)cc1C(=O)N1CCCC(N)C1. The van der Waals surface area contributed by atoms with Crippen molar-refractivity contribution in [2.45, 2.75) is 25.4 Å². The van der Waals surface area contributed by atoms with E-state index in [0.717, 1.165) is 12.8 Å². The fourth-order valence-corrected chi connectivity index (χ4v) is 3.95. The molecule has 0 radical (unpaired) electrons. The summed E-state index contributed by atoms with van der Waals surface area (Å²) in [6, 6.07) is 11.9. The van der Waals surface area contributed by atoms with Crippen molar-refractivity contribution in [1.82, 2.24) is 9.80 Å². The van der Waals surface area contributed by atoms with E-state index in [1.54, 1.807) is 47.4 Å². The van der Waals surface area contributed by atoms with E-state index in [0.29, 0.717) is 41.1 Å². The summed E-state index contributed by atoms with van der Waals surface area (Å²) in [5.41, 5.74) is 7.93. The Morgan fingerprint density at radius 3 is 2.45 bits per heavy atom. The van der Waals surface area contributed by atoms with Gasteiger partial charge in [0.1, 0.15) is 5.75 Å². The molecule has 0 bridgehead atoms. The van der Waals surface area contributed by atoms with Gasteiger partial charge in [-0.05, 0) is 42.7 Å². The zero-order valence-corrected chi connectivity index (χ0v) is 16.3. The van der Waals surface area contributed by atoms with Crippen LogP contribution >= 0.6 is 0 Å². The van der Waals surface area contributed by atoms with Gasteiger partial charge in [0, 0.05) is 19.1 Å². The van der Waals surface area contributed by atoms with Crippen LogP contribution in [0.4, 0.5) is 0 Å². The Balaban J connectivity index is 1.60. The number of imide groups is 1. The van der Waals surface area contributed by atoms with Crippen molar-refractivity contribution < 1.29 is 19.1 Å². The van der Waals surface area contributed by atoms with Gasteiger partial charge in [0.15, 0.2) is 0 Å². The van der Waals surface area contributed by atoms with Crippen LogP contribution in [0, 0.1) is 0 Å². The first-order valence-corrected chi connectivity index (χ1v) is 9.66. The summed E-state index contributed by atoms with van der Waals surface area (Å²) in [5, 5.41) is 0. The largest absolute Gasteiger partial charge is 0.496 e. The molecule has 2 N–H and O–H groups in total. The maximum absolute atomic E-state index is 13.1. The smallest absolute Gasteiger partial charge is 0.261 e. The summed E-state index contributed by atoms with van der Waals surface area (Å²) in [7, 11) is 1.51. The van der Waals surface area contributed by atoms with E-state index in [-0.39, 0.29) is 30.3 Å². The Morgan fingerprint density at radius 1 is 1.14 bits per heavy atom. The van der Waals surface area contributed by atoms with Crippen LogP contribution < -0.4 is 10.5 Å². The lowest BCUT2D eigenvalue weighted by Crippen LogP contribution is -2.45.